The van der Waals surface area contributed by atoms with E-state index in [-0.39, 0.29) is 0 Å². The van der Waals surface area contributed by atoms with Crippen LogP contribution in [-0.4, -0.2) is 28.1 Å². The van der Waals surface area contributed by atoms with Gasteiger partial charge in [0.1, 0.15) is 17.1 Å². The minimum Gasteiger partial charge on any atom is -0.330 e. The van der Waals surface area contributed by atoms with Crippen LogP contribution in [0, 0.1) is 17.2 Å². The maximum absolute atomic E-state index is 12.4. The Kier molecular flexibility index (Phi) is 4.36. The summed E-state index contributed by atoms with van der Waals surface area (Å²) < 4.78 is 14.3. The first-order chi connectivity index (χ1) is 8.65. The Bertz CT molecular complexity index is 515. The minimum absolute atomic E-state index is 0.372. The van der Waals surface area contributed by atoms with Crippen LogP contribution in [0.15, 0.2) is 23.1 Å². The van der Waals surface area contributed by atoms with Crippen molar-refractivity contribution >= 4 is 22.6 Å². The van der Waals surface area contributed by atoms with E-state index < -0.39 is 11.0 Å². The summed E-state index contributed by atoms with van der Waals surface area (Å²) in [6.07, 6.45) is 0.956. The Morgan fingerprint density at radius 2 is 2.39 bits per heavy atom. The second-order valence-corrected chi connectivity index (χ2v) is 6.17. The van der Waals surface area contributed by atoms with Crippen molar-refractivity contribution in [2.45, 2.75) is 11.3 Å². The van der Waals surface area contributed by atoms with Gasteiger partial charge < -0.3 is 5.73 Å². The lowest BCUT2D eigenvalue weighted by Gasteiger charge is -2.15. The minimum atomic E-state index is -1.30. The molecule has 0 saturated carbocycles. The molecule has 0 amide bonds. The van der Waals surface area contributed by atoms with Gasteiger partial charge in [-0.1, -0.05) is 11.6 Å². The number of nitrogens with two attached hydrogens (primary N) is 1. The predicted molar refractivity (Wildman–Crippen MR) is 71.3 cm³/mol. The normalized spacial score (nSPS) is 21.7. The summed E-state index contributed by atoms with van der Waals surface area (Å²) in [5.74, 6) is 0.395. The summed E-state index contributed by atoms with van der Waals surface area (Å²) in [6, 6.07) is 6.90. The molecular weight excluding hydrogens is 270 g/mol. The molecule has 0 aromatic heterocycles. The largest absolute Gasteiger partial charge is 0.330 e. The fourth-order valence-electron chi connectivity index (χ4n) is 2.02. The molecule has 2 atom stereocenters. The third-order valence-electron chi connectivity index (χ3n) is 3.07. The number of nitrogens with zero attached hydrogens (tertiary/aromatic N) is 2. The highest BCUT2D eigenvalue weighted by molar-refractivity contribution is 7.82. The summed E-state index contributed by atoms with van der Waals surface area (Å²) >= 11 is 5.83. The highest BCUT2D eigenvalue weighted by atomic mass is 35.5. The van der Waals surface area contributed by atoms with Crippen molar-refractivity contribution < 1.29 is 4.21 Å². The van der Waals surface area contributed by atoms with Crippen LogP contribution < -0.4 is 5.73 Å². The van der Waals surface area contributed by atoms with Gasteiger partial charge >= 0.3 is 0 Å². The van der Waals surface area contributed by atoms with Crippen LogP contribution in [0.3, 0.4) is 0 Å². The standard InChI is InChI=1S/C12H14ClN3OS/c13-11-1-2-12(10(5-11)7-15)18(17)16-4-3-9(6-14)8-16/h1-2,5,9H,3-4,6,8,14H2. The maximum atomic E-state index is 12.4. The van der Waals surface area contributed by atoms with Gasteiger partial charge in [-0.25, -0.2) is 8.51 Å². The Balaban J connectivity index is 2.22. The Labute approximate surface area is 114 Å². The van der Waals surface area contributed by atoms with Gasteiger partial charge in [0.25, 0.3) is 0 Å². The van der Waals surface area contributed by atoms with Crippen LogP contribution in [0.5, 0.6) is 0 Å². The first-order valence-electron chi connectivity index (χ1n) is 5.72. The SMILES string of the molecule is N#Cc1cc(Cl)ccc1S(=O)N1CCC(CN)C1. The molecule has 18 heavy (non-hydrogen) atoms. The van der Waals surface area contributed by atoms with E-state index >= 15 is 0 Å². The summed E-state index contributed by atoms with van der Waals surface area (Å²) in [5, 5.41) is 9.53. The van der Waals surface area contributed by atoms with Crippen molar-refractivity contribution in [1.82, 2.24) is 4.31 Å². The van der Waals surface area contributed by atoms with E-state index in [1.807, 2.05) is 10.4 Å². The zero-order valence-electron chi connectivity index (χ0n) is 9.80. The van der Waals surface area contributed by atoms with Crippen LogP contribution in [0.4, 0.5) is 0 Å². The fourth-order valence-corrected chi connectivity index (χ4v) is 3.57. The molecule has 4 nitrogen and oxygen atoms in total. The van der Waals surface area contributed by atoms with Crippen LogP contribution >= 0.6 is 11.6 Å². The topological polar surface area (TPSA) is 70.1 Å². The maximum Gasteiger partial charge on any atom is 0.128 e. The summed E-state index contributed by atoms with van der Waals surface area (Å²) in [7, 11) is -1.30. The lowest BCUT2D eigenvalue weighted by atomic mass is 10.1. The van der Waals surface area contributed by atoms with Crippen molar-refractivity contribution in [3.63, 3.8) is 0 Å². The number of hydrogen-bond donors (Lipinski definition) is 1. The van der Waals surface area contributed by atoms with E-state index in [0.717, 1.165) is 19.5 Å². The highest BCUT2D eigenvalue weighted by Gasteiger charge is 2.27. The monoisotopic (exact) mass is 283 g/mol. The van der Waals surface area contributed by atoms with Crippen molar-refractivity contribution in [2.75, 3.05) is 19.6 Å². The molecule has 1 aliphatic heterocycles. The van der Waals surface area contributed by atoms with Crippen LogP contribution in [0.1, 0.15) is 12.0 Å². The zero-order valence-corrected chi connectivity index (χ0v) is 11.4. The number of benzene rings is 1. The molecule has 1 fully saturated rings. The second-order valence-electron chi connectivity index (χ2n) is 4.28. The van der Waals surface area contributed by atoms with Gasteiger partial charge in [-0.15, -0.1) is 0 Å². The van der Waals surface area contributed by atoms with Crippen molar-refractivity contribution in [3.05, 3.63) is 28.8 Å². The van der Waals surface area contributed by atoms with E-state index in [1.54, 1.807) is 18.2 Å². The van der Waals surface area contributed by atoms with Gasteiger partial charge in [0.05, 0.1) is 10.5 Å². The molecule has 1 aromatic rings. The molecule has 0 bridgehead atoms. The third kappa shape index (κ3) is 2.73. The molecule has 1 heterocycles. The molecule has 1 aromatic carbocycles. The Morgan fingerprint density at radius 3 is 3.00 bits per heavy atom. The zero-order chi connectivity index (χ0) is 13.1. The van der Waals surface area contributed by atoms with Gasteiger partial charge in [0.2, 0.25) is 0 Å². The van der Waals surface area contributed by atoms with Crippen molar-refractivity contribution in [1.29, 1.82) is 5.26 Å². The second kappa shape index (κ2) is 5.81. The molecule has 2 N–H and O–H groups in total. The molecule has 1 saturated heterocycles. The Hall–Kier alpha value is -0.930. The number of rotatable bonds is 3. The van der Waals surface area contributed by atoms with Crippen LogP contribution in [0.2, 0.25) is 5.02 Å². The fraction of sp³-hybridized carbons (Fsp3) is 0.417. The van der Waals surface area contributed by atoms with E-state index in [1.165, 1.54) is 0 Å². The van der Waals surface area contributed by atoms with E-state index in [2.05, 4.69) is 0 Å². The number of halogens is 1. The van der Waals surface area contributed by atoms with Crippen molar-refractivity contribution in [2.24, 2.45) is 11.7 Å². The third-order valence-corrected chi connectivity index (χ3v) is 4.83. The molecule has 0 radical (unpaired) electrons. The van der Waals surface area contributed by atoms with Gasteiger partial charge in [-0.3, -0.25) is 0 Å². The molecule has 6 heteroatoms. The van der Waals surface area contributed by atoms with Crippen LogP contribution in [-0.2, 0) is 11.0 Å². The molecule has 2 unspecified atom stereocenters. The molecule has 1 aliphatic rings. The molecule has 0 spiro atoms. The predicted octanol–water partition coefficient (Wildman–Crippen LogP) is 1.51. The number of nitriles is 1. The van der Waals surface area contributed by atoms with E-state index in [9.17, 15) is 4.21 Å². The average molecular weight is 284 g/mol. The highest BCUT2D eigenvalue weighted by Crippen LogP contribution is 2.24. The van der Waals surface area contributed by atoms with E-state index in [0.29, 0.717) is 27.9 Å². The molecule has 0 aliphatic carbocycles. The van der Waals surface area contributed by atoms with Gasteiger partial charge in [-0.2, -0.15) is 5.26 Å². The molecule has 2 rings (SSSR count). The molecular formula is C12H14ClN3OS. The summed E-state index contributed by atoms with van der Waals surface area (Å²) in [5.41, 5.74) is 5.99. The summed E-state index contributed by atoms with van der Waals surface area (Å²) in [6.45, 7) is 2.08. The molecule has 96 valence electrons. The van der Waals surface area contributed by atoms with Gasteiger partial charge in [0, 0.05) is 18.1 Å². The van der Waals surface area contributed by atoms with Crippen LogP contribution in [0.25, 0.3) is 0 Å². The first kappa shape index (κ1) is 13.5. The Morgan fingerprint density at radius 1 is 1.61 bits per heavy atom. The van der Waals surface area contributed by atoms with E-state index in [4.69, 9.17) is 22.6 Å². The average Bonchev–Trinajstić information content (AvgIpc) is 2.86. The smallest absolute Gasteiger partial charge is 0.128 e. The van der Waals surface area contributed by atoms with Crippen molar-refractivity contribution in [3.8, 4) is 6.07 Å². The summed E-state index contributed by atoms with van der Waals surface area (Å²) in [4.78, 5) is 0.527. The van der Waals surface area contributed by atoms with Gasteiger partial charge in [-0.05, 0) is 37.1 Å². The lowest BCUT2D eigenvalue weighted by molar-refractivity contribution is 0.501. The lowest BCUT2D eigenvalue weighted by Crippen LogP contribution is -2.25. The number of hydrogen-bond acceptors (Lipinski definition) is 3. The van der Waals surface area contributed by atoms with Gasteiger partial charge in [0.15, 0.2) is 0 Å². The first-order valence-corrected chi connectivity index (χ1v) is 7.20. The quantitative estimate of drug-likeness (QED) is 0.914.